The maximum absolute atomic E-state index is 9.85. The average Bonchev–Trinajstić information content (AvgIpc) is 2.49. The van der Waals surface area contributed by atoms with Crippen molar-refractivity contribution in [3.05, 3.63) is 66.3 Å². The number of nitroso groups, excluding NO2 is 1. The van der Waals surface area contributed by atoms with Crippen LogP contribution in [0.2, 0.25) is 0 Å². The van der Waals surface area contributed by atoms with Gasteiger partial charge >= 0.3 is 51.0 Å². The Balaban J connectivity index is -0.0000000542. The second-order valence-electron chi connectivity index (χ2n) is 1.81. The fourth-order valence-corrected chi connectivity index (χ4v) is 0.679. The molecule has 0 aliphatic rings. The molecule has 0 bridgehead atoms. The van der Waals surface area contributed by atoms with Gasteiger partial charge in [-0.15, -0.1) is 6.42 Å². The van der Waals surface area contributed by atoms with Crippen LogP contribution < -0.4 is 0 Å². The minimum Gasteiger partial charge on any atom is -0.577 e. The van der Waals surface area contributed by atoms with Crippen molar-refractivity contribution < 1.29 is 35.8 Å². The van der Waals surface area contributed by atoms with Crippen molar-refractivity contribution in [1.82, 2.24) is 0 Å². The maximum atomic E-state index is 9.85. The summed E-state index contributed by atoms with van der Waals surface area (Å²) in [7, 11) is 0. The summed E-state index contributed by atoms with van der Waals surface area (Å²) in [6, 6.07) is 9.56. The molecule has 0 spiro atoms. The van der Waals surface area contributed by atoms with Crippen LogP contribution in [0.5, 0.6) is 0 Å². The minimum absolute atomic E-state index is 0. The molecular formula is C11H7FeNO5. The van der Waals surface area contributed by atoms with Gasteiger partial charge in [0.05, 0.1) is 0 Å². The number of hydrogen-bond acceptors (Lipinski definition) is 2. The molecule has 1 aromatic carbocycles. The number of hydrogen-bond donors (Lipinski definition) is 0. The molecule has 0 unspecified atom stereocenters. The monoisotopic (exact) mass is 289 g/mol. The van der Waals surface area contributed by atoms with Crippen LogP contribution in [0.4, 0.5) is 0 Å². The predicted molar refractivity (Wildman–Crippen MR) is 54.4 cm³/mol. The van der Waals surface area contributed by atoms with Gasteiger partial charge in [-0.2, -0.15) is 0 Å². The molecule has 0 fully saturated rings. The van der Waals surface area contributed by atoms with E-state index in [1.54, 1.807) is 0 Å². The summed E-state index contributed by atoms with van der Waals surface area (Å²) in [5.74, 6) is 0. The van der Waals surface area contributed by atoms with Crippen molar-refractivity contribution in [2.45, 2.75) is 6.42 Å². The molecule has 1 rings (SSSR count). The molecule has 94 valence electrons. The Kier molecular flexibility index (Phi) is 75.5. The van der Waals surface area contributed by atoms with E-state index in [0.29, 0.717) is 6.42 Å². The van der Waals surface area contributed by atoms with Crippen molar-refractivity contribution in [3.8, 4) is 0 Å². The Morgan fingerprint density at radius 1 is 0.944 bits per heavy atom. The van der Waals surface area contributed by atoms with E-state index in [1.807, 2.05) is 36.6 Å². The van der Waals surface area contributed by atoms with Crippen LogP contribution in [0.25, 0.3) is 5.59 Å². The maximum Gasteiger partial charge on any atom is 2.00 e. The van der Waals surface area contributed by atoms with Crippen molar-refractivity contribution in [2.75, 3.05) is 0 Å². The zero-order chi connectivity index (χ0) is 14.5. The average molecular weight is 289 g/mol. The quantitative estimate of drug-likeness (QED) is 0.466. The van der Waals surface area contributed by atoms with E-state index in [2.05, 4.69) is 20.0 Å². The van der Waals surface area contributed by atoms with Gasteiger partial charge < -0.3 is 15.3 Å². The van der Waals surface area contributed by atoms with E-state index in [-0.39, 0.29) is 17.1 Å². The van der Waals surface area contributed by atoms with Gasteiger partial charge in [-0.05, 0) is 0 Å². The van der Waals surface area contributed by atoms with Crippen molar-refractivity contribution in [1.29, 1.82) is 0 Å². The standard InChI is InChI=1S/C8H7O.3CO.Fe.NO/c9-7-6-8-4-2-1-3-5-8;3*1-2;;1-2/h1-5H,6H2;;;;;/q-1;;;;+2;-1. The zero-order valence-electron chi connectivity index (χ0n) is 8.94. The van der Waals surface area contributed by atoms with Crippen LogP contribution in [0.3, 0.4) is 0 Å². The number of nitrogens with zero attached hydrogens (tertiary/aromatic N) is 1. The van der Waals surface area contributed by atoms with E-state index in [9.17, 15) is 4.79 Å². The Labute approximate surface area is 115 Å². The largest absolute Gasteiger partial charge is 2.00 e. The molecule has 0 aliphatic carbocycles. The number of carbonyl (C=O) groups excluding carboxylic acids is 1. The van der Waals surface area contributed by atoms with Crippen LogP contribution in [-0.4, -0.2) is 6.29 Å². The van der Waals surface area contributed by atoms with Crippen LogP contribution in [0.15, 0.2) is 30.3 Å². The van der Waals surface area contributed by atoms with E-state index < -0.39 is 0 Å². The fourth-order valence-electron chi connectivity index (χ4n) is 0.679. The summed E-state index contributed by atoms with van der Waals surface area (Å²) in [6.45, 7) is 13.5. The minimum atomic E-state index is 0. The van der Waals surface area contributed by atoms with Gasteiger partial charge in [-0.3, -0.25) is 6.29 Å². The van der Waals surface area contributed by atoms with Gasteiger partial charge in [-0.1, -0.05) is 35.9 Å². The molecule has 0 amide bonds. The predicted octanol–water partition coefficient (Wildman–Crippen LogP) is 1.55. The van der Waals surface area contributed by atoms with Crippen LogP contribution in [-0.2, 0) is 42.2 Å². The van der Waals surface area contributed by atoms with Crippen molar-refractivity contribution in [3.63, 3.8) is 0 Å². The van der Waals surface area contributed by atoms with Gasteiger partial charge in [0, 0.05) is 0 Å². The van der Waals surface area contributed by atoms with E-state index in [1.165, 1.54) is 0 Å². The van der Waals surface area contributed by atoms with Gasteiger partial charge in [0.15, 0.2) is 0 Å². The molecule has 0 aliphatic heterocycles. The summed E-state index contributed by atoms with van der Waals surface area (Å²) in [6.07, 6.45) is 2.24. The van der Waals surface area contributed by atoms with Crippen molar-refractivity contribution in [2.24, 2.45) is 0 Å². The molecule has 7 heteroatoms. The second kappa shape index (κ2) is 45.5. The summed E-state index contributed by atoms with van der Waals surface area (Å²) in [5, 5.41) is 0. The molecule has 0 atom stereocenters. The normalized spacial score (nSPS) is 5.00. The molecular weight excluding hydrogens is 282 g/mol. The molecule has 0 radical (unpaired) electrons. The molecule has 18 heavy (non-hydrogen) atoms. The van der Waals surface area contributed by atoms with Gasteiger partial charge in [0.2, 0.25) is 0 Å². The first-order valence-electron chi connectivity index (χ1n) is 3.62. The third kappa shape index (κ3) is 29.2. The molecule has 0 saturated carbocycles. The third-order valence-electron chi connectivity index (χ3n) is 1.12. The number of benzene rings is 1. The SMILES string of the molecule is O=[C-]Cc1ccccc1.[C-]#[O+].[C-]#[O+].[C-]#[O+].[Fe+2].[N-]=O. The van der Waals surface area contributed by atoms with E-state index >= 15 is 0 Å². The Morgan fingerprint density at radius 2 is 1.28 bits per heavy atom. The molecule has 0 N–H and O–H groups in total. The Hall–Kier alpha value is -1.77. The zero-order valence-corrected chi connectivity index (χ0v) is 10.0. The van der Waals surface area contributed by atoms with Gasteiger partial charge in [-0.25, -0.2) is 0 Å². The van der Waals surface area contributed by atoms with Crippen LogP contribution >= 0.6 is 0 Å². The first-order valence-corrected chi connectivity index (χ1v) is 3.62. The molecule has 0 aromatic heterocycles. The first kappa shape index (κ1) is 29.9. The molecule has 1 aromatic rings. The summed E-state index contributed by atoms with van der Waals surface area (Å²) < 4.78 is 22.5. The summed E-state index contributed by atoms with van der Waals surface area (Å²) >= 11 is 0. The number of rotatable bonds is 2. The first-order chi connectivity index (χ1) is 8.43. The Morgan fingerprint density at radius 3 is 1.56 bits per heavy atom. The van der Waals surface area contributed by atoms with Gasteiger partial charge in [0.1, 0.15) is 0 Å². The van der Waals surface area contributed by atoms with E-state index in [4.69, 9.17) is 24.5 Å². The third-order valence-corrected chi connectivity index (χ3v) is 1.12. The van der Waals surface area contributed by atoms with Crippen molar-refractivity contribution >= 4 is 6.29 Å². The van der Waals surface area contributed by atoms with Crippen LogP contribution in [0, 0.1) is 24.9 Å². The fraction of sp³-hybridized carbons (Fsp3) is 0.0909. The second-order valence-corrected chi connectivity index (χ2v) is 1.81. The van der Waals surface area contributed by atoms with Crippen LogP contribution in [0.1, 0.15) is 5.56 Å². The smallest absolute Gasteiger partial charge is 0.577 e. The molecule has 0 heterocycles. The molecule has 6 nitrogen and oxygen atoms in total. The summed E-state index contributed by atoms with van der Waals surface area (Å²) in [5.41, 5.74) is 6.77. The topological polar surface area (TPSA) is 116 Å². The molecule has 0 saturated heterocycles. The summed E-state index contributed by atoms with van der Waals surface area (Å²) in [4.78, 5) is 17.1. The van der Waals surface area contributed by atoms with E-state index in [0.717, 1.165) is 5.56 Å². The van der Waals surface area contributed by atoms with Gasteiger partial charge in [0.25, 0.3) is 0 Å². The Bertz CT molecular complexity index is 296.